The SMILES string of the molecule is CC(=O)N1[C@@H](C(=O)OCC(=O)c2ccc3c(c2)CCC3)CS[C@H]1c1ccco1. The molecule has 1 aromatic carbocycles. The smallest absolute Gasteiger partial charge is 0.330 e. The van der Waals surface area contributed by atoms with Gasteiger partial charge in [0.25, 0.3) is 0 Å². The van der Waals surface area contributed by atoms with Crippen molar-refractivity contribution in [2.45, 2.75) is 37.6 Å². The molecule has 146 valence electrons. The summed E-state index contributed by atoms with van der Waals surface area (Å²) in [7, 11) is 0. The minimum absolute atomic E-state index is 0.231. The van der Waals surface area contributed by atoms with Crippen LogP contribution >= 0.6 is 11.8 Å². The van der Waals surface area contributed by atoms with Gasteiger partial charge in [0, 0.05) is 18.2 Å². The number of ether oxygens (including phenoxy) is 1. The fourth-order valence-corrected chi connectivity index (χ4v) is 5.20. The van der Waals surface area contributed by atoms with Crippen LogP contribution in [0.4, 0.5) is 0 Å². The molecule has 1 aliphatic carbocycles. The minimum atomic E-state index is -0.731. The maximum Gasteiger partial charge on any atom is 0.330 e. The molecule has 0 spiro atoms. The quantitative estimate of drug-likeness (QED) is 0.568. The first-order valence-electron chi connectivity index (χ1n) is 9.30. The Hall–Kier alpha value is -2.54. The number of Topliss-reactive ketones (excluding diaryl/α,β-unsaturated/α-hetero) is 1. The maximum absolute atomic E-state index is 12.6. The van der Waals surface area contributed by atoms with Crippen LogP contribution in [0.25, 0.3) is 0 Å². The van der Waals surface area contributed by atoms with E-state index in [1.165, 1.54) is 41.0 Å². The van der Waals surface area contributed by atoms with E-state index in [0.717, 1.165) is 19.3 Å². The normalized spacial score (nSPS) is 20.8. The summed E-state index contributed by atoms with van der Waals surface area (Å²) in [5.41, 5.74) is 3.05. The third-order valence-electron chi connectivity index (χ3n) is 5.19. The summed E-state index contributed by atoms with van der Waals surface area (Å²) in [4.78, 5) is 38.6. The van der Waals surface area contributed by atoms with Crippen molar-refractivity contribution in [1.29, 1.82) is 0 Å². The van der Waals surface area contributed by atoms with Gasteiger partial charge in [0.1, 0.15) is 17.2 Å². The molecule has 2 heterocycles. The number of amides is 1. The second kappa shape index (κ2) is 7.83. The van der Waals surface area contributed by atoms with Crippen LogP contribution in [0, 0.1) is 0 Å². The van der Waals surface area contributed by atoms with E-state index in [2.05, 4.69) is 0 Å². The summed E-state index contributed by atoms with van der Waals surface area (Å²) < 4.78 is 10.7. The lowest BCUT2D eigenvalue weighted by Gasteiger charge is -2.25. The zero-order valence-electron chi connectivity index (χ0n) is 15.6. The predicted molar refractivity (Wildman–Crippen MR) is 104 cm³/mol. The molecule has 1 aliphatic heterocycles. The molecule has 1 fully saturated rings. The van der Waals surface area contributed by atoms with Gasteiger partial charge >= 0.3 is 5.97 Å². The van der Waals surface area contributed by atoms with Crippen LogP contribution in [-0.4, -0.2) is 41.0 Å². The molecule has 2 aromatic rings. The van der Waals surface area contributed by atoms with Crippen molar-refractivity contribution in [3.05, 3.63) is 59.0 Å². The van der Waals surface area contributed by atoms with Gasteiger partial charge < -0.3 is 14.1 Å². The first-order valence-corrected chi connectivity index (χ1v) is 10.3. The van der Waals surface area contributed by atoms with Crippen molar-refractivity contribution in [3.63, 3.8) is 0 Å². The molecular weight excluding hydrogens is 378 g/mol. The van der Waals surface area contributed by atoms with Gasteiger partial charge in [-0.25, -0.2) is 4.79 Å². The van der Waals surface area contributed by atoms with Crippen LogP contribution in [0.1, 0.15) is 46.0 Å². The number of hydrogen-bond donors (Lipinski definition) is 0. The van der Waals surface area contributed by atoms with E-state index in [1.54, 1.807) is 18.2 Å². The number of fused-ring (bicyclic) bond motifs is 1. The second-order valence-corrected chi connectivity index (χ2v) is 8.12. The first kappa shape index (κ1) is 18.8. The van der Waals surface area contributed by atoms with Crippen LogP contribution < -0.4 is 0 Å². The van der Waals surface area contributed by atoms with Gasteiger partial charge in [-0.3, -0.25) is 9.59 Å². The molecule has 0 saturated carbocycles. The highest BCUT2D eigenvalue weighted by atomic mass is 32.2. The number of ketones is 1. The number of benzene rings is 1. The zero-order valence-corrected chi connectivity index (χ0v) is 16.4. The van der Waals surface area contributed by atoms with E-state index in [9.17, 15) is 14.4 Å². The monoisotopic (exact) mass is 399 g/mol. The number of carbonyl (C=O) groups excluding carboxylic acids is 3. The van der Waals surface area contributed by atoms with Crippen molar-refractivity contribution in [2.24, 2.45) is 0 Å². The summed E-state index contributed by atoms with van der Waals surface area (Å²) in [6.45, 7) is 1.09. The summed E-state index contributed by atoms with van der Waals surface area (Å²) in [5, 5.41) is -0.363. The summed E-state index contributed by atoms with van der Waals surface area (Å²) in [6.07, 6.45) is 4.68. The summed E-state index contributed by atoms with van der Waals surface area (Å²) in [6, 6.07) is 8.47. The molecule has 1 aromatic heterocycles. The van der Waals surface area contributed by atoms with Crippen molar-refractivity contribution in [1.82, 2.24) is 4.90 Å². The average Bonchev–Trinajstić information content (AvgIpc) is 3.44. The number of hydrogen-bond acceptors (Lipinski definition) is 6. The van der Waals surface area contributed by atoms with Gasteiger partial charge in [-0.15, -0.1) is 11.8 Å². The van der Waals surface area contributed by atoms with Crippen LogP contribution in [0.3, 0.4) is 0 Å². The van der Waals surface area contributed by atoms with E-state index in [-0.39, 0.29) is 23.7 Å². The van der Waals surface area contributed by atoms with Gasteiger partial charge in [-0.1, -0.05) is 12.1 Å². The fraction of sp³-hybridized carbons (Fsp3) is 0.381. The molecule has 0 N–H and O–H groups in total. The Morgan fingerprint density at radius 1 is 1.21 bits per heavy atom. The van der Waals surface area contributed by atoms with Crippen molar-refractivity contribution >= 4 is 29.4 Å². The van der Waals surface area contributed by atoms with Crippen LogP contribution in [0.2, 0.25) is 0 Å². The minimum Gasteiger partial charge on any atom is -0.466 e. The molecule has 1 amide bonds. The number of esters is 1. The van der Waals surface area contributed by atoms with Gasteiger partial charge in [0.05, 0.1) is 6.26 Å². The Morgan fingerprint density at radius 2 is 2.04 bits per heavy atom. The molecule has 0 bridgehead atoms. The number of carbonyl (C=O) groups is 3. The number of furan rings is 1. The Labute approximate surface area is 167 Å². The molecule has 0 unspecified atom stereocenters. The molecule has 4 rings (SSSR count). The molecular formula is C21H21NO5S. The van der Waals surface area contributed by atoms with Gasteiger partial charge in [-0.2, -0.15) is 0 Å². The van der Waals surface area contributed by atoms with Crippen molar-refractivity contribution in [3.8, 4) is 0 Å². The molecule has 6 nitrogen and oxygen atoms in total. The lowest BCUT2D eigenvalue weighted by Crippen LogP contribution is -2.43. The third kappa shape index (κ3) is 3.58. The highest BCUT2D eigenvalue weighted by molar-refractivity contribution is 7.99. The molecule has 1 saturated heterocycles. The second-order valence-electron chi connectivity index (χ2n) is 7.01. The highest BCUT2D eigenvalue weighted by Crippen LogP contribution is 2.41. The molecule has 0 radical (unpaired) electrons. The van der Waals surface area contributed by atoms with Crippen LogP contribution in [0.15, 0.2) is 41.0 Å². The number of rotatable bonds is 5. The van der Waals surface area contributed by atoms with Gasteiger partial charge in [-0.05, 0) is 48.6 Å². The lowest BCUT2D eigenvalue weighted by atomic mass is 10.0. The number of thioether (sulfide) groups is 1. The zero-order chi connectivity index (χ0) is 19.7. The van der Waals surface area contributed by atoms with Crippen LogP contribution in [0.5, 0.6) is 0 Å². The van der Waals surface area contributed by atoms with E-state index in [4.69, 9.17) is 9.15 Å². The number of aryl methyl sites for hydroxylation is 2. The van der Waals surface area contributed by atoms with Gasteiger partial charge in [0.2, 0.25) is 5.91 Å². The topological polar surface area (TPSA) is 76.8 Å². The first-order chi connectivity index (χ1) is 13.5. The maximum atomic E-state index is 12.6. The summed E-state index contributed by atoms with van der Waals surface area (Å²) >= 11 is 1.44. The largest absolute Gasteiger partial charge is 0.466 e. The molecule has 2 aliphatic rings. The third-order valence-corrected chi connectivity index (χ3v) is 6.47. The highest BCUT2D eigenvalue weighted by Gasteiger charge is 2.43. The van der Waals surface area contributed by atoms with E-state index < -0.39 is 12.0 Å². The Kier molecular flexibility index (Phi) is 5.26. The number of nitrogens with zero attached hydrogens (tertiary/aromatic N) is 1. The van der Waals surface area contributed by atoms with Crippen LogP contribution in [-0.2, 0) is 27.2 Å². The van der Waals surface area contributed by atoms with Crippen molar-refractivity contribution in [2.75, 3.05) is 12.4 Å². The molecule has 28 heavy (non-hydrogen) atoms. The summed E-state index contributed by atoms with van der Waals surface area (Å²) in [5.74, 6) is -0.0171. The predicted octanol–water partition coefficient (Wildman–Crippen LogP) is 3.16. The standard InChI is InChI=1S/C21H21NO5S/c1-13(23)22-17(12-28-20(22)19-6-3-9-26-19)21(25)27-11-18(24)16-8-7-14-4-2-5-15(14)10-16/h3,6-10,17,20H,2,4-5,11-12H2,1H3/t17-,20+/m1/s1. The average molecular weight is 399 g/mol. The van der Waals surface area contributed by atoms with E-state index in [0.29, 0.717) is 17.1 Å². The Bertz CT molecular complexity index is 908. The lowest BCUT2D eigenvalue weighted by molar-refractivity contribution is -0.152. The van der Waals surface area contributed by atoms with Crippen molar-refractivity contribution < 1.29 is 23.5 Å². The van der Waals surface area contributed by atoms with Gasteiger partial charge in [0.15, 0.2) is 12.4 Å². The van der Waals surface area contributed by atoms with E-state index in [1.807, 2.05) is 12.1 Å². The molecule has 7 heteroatoms. The fourth-order valence-electron chi connectivity index (χ4n) is 3.78. The Balaban J connectivity index is 1.40. The Morgan fingerprint density at radius 3 is 2.79 bits per heavy atom. The van der Waals surface area contributed by atoms with E-state index >= 15 is 0 Å². The molecule has 2 atom stereocenters.